The van der Waals surface area contributed by atoms with Crippen LogP contribution >= 0.6 is 11.8 Å². The fourth-order valence-electron chi connectivity index (χ4n) is 1.28. The fourth-order valence-corrected chi connectivity index (χ4v) is 2.28. The van der Waals surface area contributed by atoms with E-state index in [1.54, 1.807) is 16.7 Å². The second-order valence-corrected chi connectivity index (χ2v) is 4.81. The van der Waals surface area contributed by atoms with E-state index in [1.807, 2.05) is 6.92 Å². The van der Waals surface area contributed by atoms with Gasteiger partial charge in [0.05, 0.1) is 19.3 Å². The molecule has 0 spiro atoms. The zero-order valence-electron chi connectivity index (χ0n) is 11.0. The molecule has 17 heavy (non-hydrogen) atoms. The maximum atomic E-state index is 11.8. The van der Waals surface area contributed by atoms with Crippen molar-refractivity contribution < 1.29 is 14.3 Å². The number of carbonyl (C=O) groups excluding carboxylic acids is 2. The van der Waals surface area contributed by atoms with E-state index >= 15 is 0 Å². The summed E-state index contributed by atoms with van der Waals surface area (Å²) in [4.78, 5) is 24.5. The van der Waals surface area contributed by atoms with E-state index < -0.39 is 0 Å². The van der Waals surface area contributed by atoms with Crippen LogP contribution in [0.5, 0.6) is 0 Å². The first-order valence-corrected chi connectivity index (χ1v) is 7.23. The Hall–Kier alpha value is -0.710. The molecule has 0 radical (unpaired) electrons. The SMILES string of the molecule is CCCCSCC(=O)N(CC)CCC(=O)OC. The van der Waals surface area contributed by atoms with Crippen molar-refractivity contribution in [3.63, 3.8) is 0 Å². The summed E-state index contributed by atoms with van der Waals surface area (Å²) < 4.78 is 4.56. The van der Waals surface area contributed by atoms with Gasteiger partial charge in [0.2, 0.25) is 5.91 Å². The van der Waals surface area contributed by atoms with Gasteiger partial charge in [-0.1, -0.05) is 13.3 Å². The molecule has 0 saturated heterocycles. The molecule has 4 nitrogen and oxygen atoms in total. The Labute approximate surface area is 108 Å². The average molecular weight is 261 g/mol. The van der Waals surface area contributed by atoms with Gasteiger partial charge < -0.3 is 9.64 Å². The Morgan fingerprint density at radius 1 is 1.29 bits per heavy atom. The van der Waals surface area contributed by atoms with Crippen molar-refractivity contribution >= 4 is 23.6 Å². The highest BCUT2D eigenvalue weighted by Crippen LogP contribution is 2.06. The minimum absolute atomic E-state index is 0.109. The first-order chi connectivity index (χ1) is 8.15. The third-order valence-corrected chi connectivity index (χ3v) is 3.44. The van der Waals surface area contributed by atoms with Gasteiger partial charge in [-0.25, -0.2) is 0 Å². The third kappa shape index (κ3) is 8.07. The number of ether oxygens (including phenoxy) is 1. The molecule has 0 fully saturated rings. The number of rotatable bonds is 9. The van der Waals surface area contributed by atoms with Crippen molar-refractivity contribution in [2.45, 2.75) is 33.1 Å². The van der Waals surface area contributed by atoms with Crippen LogP contribution in [0.4, 0.5) is 0 Å². The highest BCUT2D eigenvalue weighted by Gasteiger charge is 2.13. The lowest BCUT2D eigenvalue weighted by Crippen LogP contribution is -2.34. The molecule has 0 saturated carbocycles. The minimum Gasteiger partial charge on any atom is -0.469 e. The first-order valence-electron chi connectivity index (χ1n) is 6.08. The van der Waals surface area contributed by atoms with Crippen molar-refractivity contribution in [1.82, 2.24) is 4.90 Å². The predicted octanol–water partition coefficient (Wildman–Crippen LogP) is 1.93. The fraction of sp³-hybridized carbons (Fsp3) is 0.833. The molecule has 0 aromatic heterocycles. The first kappa shape index (κ1) is 16.3. The molecular formula is C12H23NO3S. The molecule has 0 unspecified atom stereocenters. The number of amides is 1. The second kappa shape index (κ2) is 10.4. The lowest BCUT2D eigenvalue weighted by Gasteiger charge is -2.20. The summed E-state index contributed by atoms with van der Waals surface area (Å²) in [6.07, 6.45) is 2.57. The van der Waals surface area contributed by atoms with Crippen molar-refractivity contribution in [3.05, 3.63) is 0 Å². The molecule has 0 rings (SSSR count). The number of unbranched alkanes of at least 4 members (excludes halogenated alkanes) is 1. The van der Waals surface area contributed by atoms with E-state index in [0.717, 1.165) is 18.6 Å². The summed E-state index contributed by atoms with van der Waals surface area (Å²) in [5, 5.41) is 0. The van der Waals surface area contributed by atoms with E-state index in [2.05, 4.69) is 11.7 Å². The van der Waals surface area contributed by atoms with E-state index in [1.165, 1.54) is 7.11 Å². The summed E-state index contributed by atoms with van der Waals surface area (Å²) in [5.41, 5.74) is 0. The van der Waals surface area contributed by atoms with Gasteiger partial charge in [-0.3, -0.25) is 9.59 Å². The zero-order valence-corrected chi connectivity index (χ0v) is 11.8. The number of carbonyl (C=O) groups is 2. The normalized spacial score (nSPS) is 10.1. The van der Waals surface area contributed by atoms with Gasteiger partial charge in [0.25, 0.3) is 0 Å². The standard InChI is InChI=1S/C12H23NO3S/c1-4-6-9-17-10-11(14)13(5-2)8-7-12(15)16-3/h4-10H2,1-3H3. The van der Waals surface area contributed by atoms with Crippen LogP contribution in [0.3, 0.4) is 0 Å². The smallest absolute Gasteiger partial charge is 0.307 e. The van der Waals surface area contributed by atoms with Crippen LogP contribution in [0.2, 0.25) is 0 Å². The van der Waals surface area contributed by atoms with Crippen LogP contribution in [0.15, 0.2) is 0 Å². The van der Waals surface area contributed by atoms with Crippen molar-refractivity contribution in [3.8, 4) is 0 Å². The third-order valence-electron chi connectivity index (χ3n) is 2.42. The lowest BCUT2D eigenvalue weighted by molar-refractivity contribution is -0.141. The molecule has 100 valence electrons. The van der Waals surface area contributed by atoms with Crippen LogP contribution < -0.4 is 0 Å². The lowest BCUT2D eigenvalue weighted by atomic mass is 10.3. The summed E-state index contributed by atoms with van der Waals surface area (Å²) in [5.74, 6) is 1.37. The molecule has 5 heteroatoms. The highest BCUT2D eigenvalue weighted by atomic mass is 32.2. The molecule has 0 aromatic rings. The minimum atomic E-state index is -0.269. The van der Waals surface area contributed by atoms with Gasteiger partial charge in [0, 0.05) is 13.1 Å². The Bertz CT molecular complexity index is 234. The van der Waals surface area contributed by atoms with Crippen LogP contribution in [0.1, 0.15) is 33.1 Å². The Morgan fingerprint density at radius 2 is 2.00 bits per heavy atom. The molecule has 0 aliphatic carbocycles. The summed E-state index contributed by atoms with van der Waals surface area (Å²) in [6.45, 7) is 5.16. The molecule has 0 heterocycles. The molecule has 1 amide bonds. The van der Waals surface area contributed by atoms with Crippen molar-refractivity contribution in [1.29, 1.82) is 0 Å². The molecule has 0 aromatic carbocycles. The molecule has 0 N–H and O–H groups in total. The van der Waals surface area contributed by atoms with Crippen LogP contribution in [-0.4, -0.2) is 48.5 Å². The Kier molecular flexibility index (Phi) is 10.0. The number of hydrogen-bond donors (Lipinski definition) is 0. The van der Waals surface area contributed by atoms with Crippen molar-refractivity contribution in [2.75, 3.05) is 31.7 Å². The van der Waals surface area contributed by atoms with Crippen LogP contribution in [0, 0.1) is 0 Å². The molecule has 0 bridgehead atoms. The quantitative estimate of drug-likeness (QED) is 0.470. The summed E-state index contributed by atoms with van der Waals surface area (Å²) >= 11 is 1.66. The van der Waals surface area contributed by atoms with Gasteiger partial charge in [0.1, 0.15) is 0 Å². The highest BCUT2D eigenvalue weighted by molar-refractivity contribution is 7.99. The maximum Gasteiger partial charge on any atom is 0.307 e. The maximum absolute atomic E-state index is 11.8. The number of esters is 1. The second-order valence-electron chi connectivity index (χ2n) is 3.71. The topological polar surface area (TPSA) is 46.6 Å². The van der Waals surface area contributed by atoms with E-state index in [0.29, 0.717) is 18.8 Å². The average Bonchev–Trinajstić information content (AvgIpc) is 2.35. The van der Waals surface area contributed by atoms with E-state index in [9.17, 15) is 9.59 Å². The number of methoxy groups -OCH3 is 1. The van der Waals surface area contributed by atoms with E-state index in [4.69, 9.17) is 0 Å². The monoisotopic (exact) mass is 261 g/mol. The Balaban J connectivity index is 3.83. The molecule has 0 aliphatic rings. The molecule has 0 aliphatic heterocycles. The number of thioether (sulfide) groups is 1. The van der Waals surface area contributed by atoms with Gasteiger partial charge in [-0.15, -0.1) is 0 Å². The molecule has 0 atom stereocenters. The van der Waals surface area contributed by atoms with Gasteiger partial charge in [-0.2, -0.15) is 11.8 Å². The van der Waals surface area contributed by atoms with Crippen molar-refractivity contribution in [2.24, 2.45) is 0 Å². The Morgan fingerprint density at radius 3 is 2.53 bits per heavy atom. The number of nitrogens with zero attached hydrogens (tertiary/aromatic N) is 1. The summed E-state index contributed by atoms with van der Waals surface area (Å²) in [6, 6.07) is 0. The number of hydrogen-bond acceptors (Lipinski definition) is 4. The van der Waals surface area contributed by atoms with Gasteiger partial charge in [-0.05, 0) is 19.1 Å². The van der Waals surface area contributed by atoms with Gasteiger partial charge >= 0.3 is 5.97 Å². The van der Waals surface area contributed by atoms with Gasteiger partial charge in [0.15, 0.2) is 0 Å². The van der Waals surface area contributed by atoms with Crippen LogP contribution in [-0.2, 0) is 14.3 Å². The zero-order chi connectivity index (χ0) is 13.1. The van der Waals surface area contributed by atoms with E-state index in [-0.39, 0.29) is 18.3 Å². The summed E-state index contributed by atoms with van der Waals surface area (Å²) in [7, 11) is 1.36. The predicted molar refractivity (Wildman–Crippen MR) is 71.1 cm³/mol. The molecular weight excluding hydrogens is 238 g/mol. The van der Waals surface area contributed by atoms with Crippen LogP contribution in [0.25, 0.3) is 0 Å². The largest absolute Gasteiger partial charge is 0.469 e.